The SMILES string of the molecule is O=C(O)c1cc2ccccc2c(Cc2c(O)c(C(=O)O)cc3ccccc23)c1O.[H-].[K+]. The maximum Gasteiger partial charge on any atom is 1.00 e. The van der Waals surface area contributed by atoms with Crippen molar-refractivity contribution < 1.29 is 82.8 Å². The summed E-state index contributed by atoms with van der Waals surface area (Å²) in [5.41, 5.74) is 0.112. The van der Waals surface area contributed by atoms with E-state index in [0.717, 1.165) is 0 Å². The van der Waals surface area contributed by atoms with Crippen molar-refractivity contribution >= 4 is 33.5 Å². The van der Waals surface area contributed by atoms with Crippen molar-refractivity contribution in [3.8, 4) is 11.5 Å². The van der Waals surface area contributed by atoms with Gasteiger partial charge in [0.15, 0.2) is 0 Å². The molecule has 0 saturated heterocycles. The number of hydrogen-bond donors (Lipinski definition) is 4. The van der Waals surface area contributed by atoms with Gasteiger partial charge in [-0.3, -0.25) is 0 Å². The minimum atomic E-state index is -1.28. The monoisotopic (exact) mass is 428 g/mol. The van der Waals surface area contributed by atoms with Crippen molar-refractivity contribution in [1.29, 1.82) is 0 Å². The number of fused-ring (bicyclic) bond motifs is 2. The van der Waals surface area contributed by atoms with E-state index in [4.69, 9.17) is 0 Å². The van der Waals surface area contributed by atoms with Gasteiger partial charge in [0, 0.05) is 17.5 Å². The second-order valence-corrected chi connectivity index (χ2v) is 6.73. The second-order valence-electron chi connectivity index (χ2n) is 6.73. The van der Waals surface area contributed by atoms with Gasteiger partial charge in [0.2, 0.25) is 0 Å². The number of aromatic hydroxyl groups is 2. The first-order valence-electron chi connectivity index (χ1n) is 8.82. The van der Waals surface area contributed by atoms with Crippen LogP contribution >= 0.6 is 0 Å². The number of carboxylic acid groups (broad SMARTS) is 2. The molecule has 0 fully saturated rings. The molecule has 0 aromatic heterocycles. The van der Waals surface area contributed by atoms with E-state index in [-0.39, 0.29) is 70.4 Å². The Hall–Kier alpha value is -2.42. The fourth-order valence-corrected chi connectivity index (χ4v) is 3.68. The second kappa shape index (κ2) is 8.75. The van der Waals surface area contributed by atoms with Crippen molar-refractivity contribution in [1.82, 2.24) is 0 Å². The summed E-state index contributed by atoms with van der Waals surface area (Å²) >= 11 is 0. The molecule has 0 atom stereocenters. The predicted octanol–water partition coefficient (Wildman–Crippen LogP) is 1.51. The van der Waals surface area contributed by atoms with Crippen LogP contribution < -0.4 is 51.4 Å². The summed E-state index contributed by atoms with van der Waals surface area (Å²) in [5.74, 6) is -3.36. The minimum absolute atomic E-state index is 0. The number of phenols is 2. The van der Waals surface area contributed by atoms with Crippen LogP contribution in [0.3, 0.4) is 0 Å². The predicted molar refractivity (Wildman–Crippen MR) is 109 cm³/mol. The Kier molecular flexibility index (Phi) is 6.49. The molecule has 0 amide bonds. The summed E-state index contributed by atoms with van der Waals surface area (Å²) in [7, 11) is 0. The van der Waals surface area contributed by atoms with Gasteiger partial charge in [0.05, 0.1) is 0 Å². The molecule has 7 heteroatoms. The third-order valence-corrected chi connectivity index (χ3v) is 5.07. The Morgan fingerprint density at radius 2 is 1.07 bits per heavy atom. The average molecular weight is 428 g/mol. The number of aromatic carboxylic acids is 2. The summed E-state index contributed by atoms with van der Waals surface area (Å²) in [6.07, 6.45) is -0.0407. The van der Waals surface area contributed by atoms with E-state index >= 15 is 0 Å². The van der Waals surface area contributed by atoms with E-state index in [2.05, 4.69) is 0 Å². The van der Waals surface area contributed by atoms with Crippen LogP contribution in [-0.4, -0.2) is 32.4 Å². The number of hydrogen-bond acceptors (Lipinski definition) is 4. The summed E-state index contributed by atoms with van der Waals surface area (Å²) in [5, 5.41) is 42.8. The van der Waals surface area contributed by atoms with Crippen LogP contribution in [-0.2, 0) is 6.42 Å². The van der Waals surface area contributed by atoms with Crippen LogP contribution in [0.2, 0.25) is 0 Å². The van der Waals surface area contributed by atoms with Gasteiger partial charge in [-0.15, -0.1) is 0 Å². The first kappa shape index (κ1) is 22.3. The van der Waals surface area contributed by atoms with Crippen LogP contribution in [0.15, 0.2) is 60.7 Å². The maximum absolute atomic E-state index is 11.6. The first-order chi connectivity index (χ1) is 13.9. The Bertz CT molecular complexity index is 1220. The molecule has 4 aromatic rings. The topological polar surface area (TPSA) is 115 Å². The molecule has 0 aliphatic carbocycles. The van der Waals surface area contributed by atoms with Crippen LogP contribution in [0.5, 0.6) is 11.5 Å². The largest absolute Gasteiger partial charge is 1.00 e. The van der Waals surface area contributed by atoms with Gasteiger partial charge in [-0.1, -0.05) is 48.5 Å². The molecular weight excluding hydrogens is 411 g/mol. The summed E-state index contributed by atoms with van der Waals surface area (Å²) in [4.78, 5) is 23.2. The molecule has 0 saturated carbocycles. The third kappa shape index (κ3) is 3.82. The fourth-order valence-electron chi connectivity index (χ4n) is 3.68. The molecule has 4 aromatic carbocycles. The molecule has 4 N–H and O–H groups in total. The van der Waals surface area contributed by atoms with Crippen molar-refractivity contribution in [2.75, 3.05) is 0 Å². The smallest absolute Gasteiger partial charge is 1.00 e. The summed E-state index contributed by atoms with van der Waals surface area (Å²) in [6.45, 7) is 0. The number of rotatable bonds is 4. The quantitative estimate of drug-likeness (QED) is 0.366. The van der Waals surface area contributed by atoms with Crippen LogP contribution in [0.25, 0.3) is 21.5 Å². The Labute approximate surface area is 215 Å². The Morgan fingerprint density at radius 1 is 0.700 bits per heavy atom. The van der Waals surface area contributed by atoms with Gasteiger partial charge < -0.3 is 21.9 Å². The molecule has 4 rings (SSSR count). The molecule has 146 valence electrons. The molecule has 0 spiro atoms. The van der Waals surface area contributed by atoms with Gasteiger partial charge in [0.1, 0.15) is 22.6 Å². The molecule has 30 heavy (non-hydrogen) atoms. The number of carbonyl (C=O) groups is 2. The van der Waals surface area contributed by atoms with E-state index < -0.39 is 23.4 Å². The van der Waals surface area contributed by atoms with Gasteiger partial charge in [-0.25, -0.2) is 9.59 Å². The molecule has 0 unspecified atom stereocenters. The van der Waals surface area contributed by atoms with Gasteiger partial charge >= 0.3 is 63.3 Å². The van der Waals surface area contributed by atoms with E-state index in [0.29, 0.717) is 32.7 Å². The van der Waals surface area contributed by atoms with E-state index in [1.165, 1.54) is 12.1 Å². The van der Waals surface area contributed by atoms with Crippen molar-refractivity contribution in [2.24, 2.45) is 0 Å². The molecular formula is C23H17KO6. The molecule has 0 bridgehead atoms. The van der Waals surface area contributed by atoms with Crippen molar-refractivity contribution in [2.45, 2.75) is 6.42 Å². The molecule has 6 nitrogen and oxygen atoms in total. The molecule has 0 aliphatic heterocycles. The third-order valence-electron chi connectivity index (χ3n) is 5.07. The normalized spacial score (nSPS) is 10.7. The fraction of sp³-hybridized carbons (Fsp3) is 0.0435. The Morgan fingerprint density at radius 3 is 1.43 bits per heavy atom. The van der Waals surface area contributed by atoms with Crippen LogP contribution in [0, 0.1) is 0 Å². The van der Waals surface area contributed by atoms with Crippen LogP contribution in [0.4, 0.5) is 0 Å². The summed E-state index contributed by atoms with van der Waals surface area (Å²) in [6, 6.07) is 16.8. The van der Waals surface area contributed by atoms with Gasteiger partial charge in [-0.05, 0) is 33.7 Å². The van der Waals surface area contributed by atoms with Gasteiger partial charge in [-0.2, -0.15) is 0 Å². The number of benzene rings is 4. The summed E-state index contributed by atoms with van der Waals surface area (Å²) < 4.78 is 0. The van der Waals surface area contributed by atoms with E-state index in [9.17, 15) is 30.0 Å². The standard InChI is InChI=1S/C23H16O6.K.H/c24-20-16(14-7-3-1-5-12(14)9-18(20)22(26)27)11-17-15-8-4-2-6-13(15)10-19(21(17)25)23(28)29;;/h1-10,24-25H,11H2,(H,26,27)(H,28,29);;/q;+1;-1. The molecule has 0 radical (unpaired) electrons. The van der Waals surface area contributed by atoms with Gasteiger partial charge in [0.25, 0.3) is 0 Å². The zero-order chi connectivity index (χ0) is 20.7. The maximum atomic E-state index is 11.6. The molecule has 0 heterocycles. The van der Waals surface area contributed by atoms with E-state index in [1.807, 2.05) is 0 Å². The first-order valence-corrected chi connectivity index (χ1v) is 8.82. The zero-order valence-corrected chi connectivity index (χ0v) is 19.2. The van der Waals surface area contributed by atoms with Crippen LogP contribution in [0.1, 0.15) is 33.3 Å². The Balaban J connectivity index is 0.00000171. The van der Waals surface area contributed by atoms with Crippen molar-refractivity contribution in [3.05, 3.63) is 82.9 Å². The number of carboxylic acids is 2. The molecule has 0 aliphatic rings. The minimum Gasteiger partial charge on any atom is -1.00 e. The van der Waals surface area contributed by atoms with Crippen molar-refractivity contribution in [3.63, 3.8) is 0 Å². The average Bonchev–Trinajstić information content (AvgIpc) is 2.70. The van der Waals surface area contributed by atoms with E-state index in [1.54, 1.807) is 48.5 Å². The zero-order valence-electron chi connectivity index (χ0n) is 17.1.